The molecule has 0 fully saturated rings. The molecule has 1 aromatic carbocycles. The normalized spacial score (nSPS) is 20.3. The third-order valence-corrected chi connectivity index (χ3v) is 2.82. The zero-order valence-electron chi connectivity index (χ0n) is 9.22. The molecule has 1 aliphatic heterocycles. The van der Waals surface area contributed by atoms with Crippen molar-refractivity contribution in [3.8, 4) is 5.75 Å². The van der Waals surface area contributed by atoms with Crippen LogP contribution in [-0.4, -0.2) is 7.05 Å². The minimum atomic E-state index is 0.109. The second-order valence-electron chi connectivity index (χ2n) is 4.09. The first-order valence-electron chi connectivity index (χ1n) is 5.12. The van der Waals surface area contributed by atoms with E-state index in [2.05, 4.69) is 38.1 Å². The number of nitrogens with one attached hydrogen (secondary N) is 1. The van der Waals surface area contributed by atoms with Crippen molar-refractivity contribution in [1.29, 1.82) is 0 Å². The highest BCUT2D eigenvalue weighted by atomic mass is 16.4. The second-order valence-corrected chi connectivity index (χ2v) is 4.09. The molecular weight excluding hydrogens is 173 g/mol. The average molecular weight is 189 g/mol. The van der Waals surface area contributed by atoms with Crippen LogP contribution in [0.15, 0.2) is 12.1 Å². The molecule has 0 bridgehead atoms. The van der Waals surface area contributed by atoms with Crippen molar-refractivity contribution in [2.24, 2.45) is 0 Å². The van der Waals surface area contributed by atoms with Crippen LogP contribution in [0, 0.1) is 13.8 Å². The van der Waals surface area contributed by atoms with Crippen molar-refractivity contribution in [3.63, 3.8) is 0 Å². The predicted octanol–water partition coefficient (Wildman–Crippen LogP) is 2.46. The maximum Gasteiger partial charge on any atom is 0.443 e. The van der Waals surface area contributed by atoms with Gasteiger partial charge in [0.2, 0.25) is 0 Å². The summed E-state index contributed by atoms with van der Waals surface area (Å²) in [5.41, 5.74) is 3.84. The van der Waals surface area contributed by atoms with Crippen molar-refractivity contribution in [3.05, 3.63) is 28.8 Å². The maximum absolute atomic E-state index is 5.80. The predicted molar refractivity (Wildman–Crippen MR) is 59.7 cm³/mol. The standard InChI is InChI=1S/C11H16BNO/c1-7-5-6-8(2)11-10(7)9(3)13-12(4)14-11/h5-6,9,13H,1-4H3. The smallest absolute Gasteiger partial charge is 0.443 e. The van der Waals surface area contributed by atoms with E-state index in [9.17, 15) is 0 Å². The fourth-order valence-electron chi connectivity index (χ4n) is 2.15. The number of hydrogen-bond acceptors (Lipinski definition) is 2. The molecule has 1 N–H and O–H groups in total. The highest BCUT2D eigenvalue weighted by molar-refractivity contribution is 6.48. The minimum Gasteiger partial charge on any atom is -0.546 e. The van der Waals surface area contributed by atoms with Gasteiger partial charge in [-0.15, -0.1) is 0 Å². The van der Waals surface area contributed by atoms with E-state index in [0.29, 0.717) is 6.04 Å². The number of benzene rings is 1. The first kappa shape index (κ1) is 9.59. The molecule has 0 amide bonds. The molecule has 0 spiro atoms. The molecule has 2 nitrogen and oxygen atoms in total. The lowest BCUT2D eigenvalue weighted by Gasteiger charge is -2.30. The number of rotatable bonds is 0. The average Bonchev–Trinajstić information content (AvgIpc) is 2.10. The summed E-state index contributed by atoms with van der Waals surface area (Å²) in [6.45, 7) is 8.46. The SMILES string of the molecule is CB1NC(C)c2c(C)ccc(C)c2O1. The summed E-state index contributed by atoms with van der Waals surface area (Å²) in [6.07, 6.45) is 0. The van der Waals surface area contributed by atoms with Gasteiger partial charge in [0.15, 0.2) is 0 Å². The topological polar surface area (TPSA) is 21.3 Å². The zero-order chi connectivity index (χ0) is 10.3. The molecule has 0 aromatic heterocycles. The Hall–Kier alpha value is -0.955. The van der Waals surface area contributed by atoms with Crippen LogP contribution in [-0.2, 0) is 0 Å². The Kier molecular flexibility index (Phi) is 2.27. The molecule has 1 heterocycles. The number of aryl methyl sites for hydroxylation is 2. The Labute approximate surface area is 85.8 Å². The van der Waals surface area contributed by atoms with Gasteiger partial charge >= 0.3 is 7.05 Å². The molecule has 1 aromatic rings. The van der Waals surface area contributed by atoms with Gasteiger partial charge in [-0.3, -0.25) is 0 Å². The molecule has 1 atom stereocenters. The molecule has 3 heteroatoms. The van der Waals surface area contributed by atoms with Crippen LogP contribution in [0.1, 0.15) is 29.7 Å². The fraction of sp³-hybridized carbons (Fsp3) is 0.455. The van der Waals surface area contributed by atoms with E-state index in [1.165, 1.54) is 16.7 Å². The second kappa shape index (κ2) is 3.32. The molecule has 0 aliphatic carbocycles. The van der Waals surface area contributed by atoms with E-state index >= 15 is 0 Å². The van der Waals surface area contributed by atoms with Crippen molar-refractivity contribution in [1.82, 2.24) is 5.23 Å². The Bertz CT molecular complexity index is 365. The molecule has 74 valence electrons. The summed E-state index contributed by atoms with van der Waals surface area (Å²) in [7, 11) is 0.109. The van der Waals surface area contributed by atoms with Crippen molar-refractivity contribution in [2.75, 3.05) is 0 Å². The summed E-state index contributed by atoms with van der Waals surface area (Å²) >= 11 is 0. The van der Waals surface area contributed by atoms with Crippen LogP contribution in [0.5, 0.6) is 5.75 Å². The van der Waals surface area contributed by atoms with Crippen LogP contribution in [0.4, 0.5) is 0 Å². The summed E-state index contributed by atoms with van der Waals surface area (Å²) < 4.78 is 5.80. The molecule has 2 rings (SSSR count). The monoisotopic (exact) mass is 189 g/mol. The summed E-state index contributed by atoms with van der Waals surface area (Å²) in [5, 5.41) is 3.38. The van der Waals surface area contributed by atoms with Gasteiger partial charge in [-0.2, -0.15) is 0 Å². The Morgan fingerprint density at radius 2 is 1.93 bits per heavy atom. The molecule has 1 aliphatic rings. The van der Waals surface area contributed by atoms with Crippen molar-refractivity contribution in [2.45, 2.75) is 33.6 Å². The molecule has 0 saturated carbocycles. The van der Waals surface area contributed by atoms with Crippen molar-refractivity contribution < 1.29 is 4.65 Å². The van der Waals surface area contributed by atoms with E-state index in [1.54, 1.807) is 0 Å². The van der Waals surface area contributed by atoms with Gasteiger partial charge in [0.25, 0.3) is 0 Å². The van der Waals surface area contributed by atoms with Crippen LogP contribution in [0.25, 0.3) is 0 Å². The summed E-state index contributed by atoms with van der Waals surface area (Å²) in [4.78, 5) is 0. The maximum atomic E-state index is 5.80. The van der Waals surface area contributed by atoms with Crippen LogP contribution in [0.3, 0.4) is 0 Å². The zero-order valence-corrected chi connectivity index (χ0v) is 9.22. The number of hydrogen-bond donors (Lipinski definition) is 1. The highest BCUT2D eigenvalue weighted by Crippen LogP contribution is 2.34. The van der Waals surface area contributed by atoms with Gasteiger partial charge < -0.3 is 9.88 Å². The van der Waals surface area contributed by atoms with E-state index < -0.39 is 0 Å². The van der Waals surface area contributed by atoms with Gasteiger partial charge in [0.1, 0.15) is 5.75 Å². The first-order valence-corrected chi connectivity index (χ1v) is 5.12. The molecule has 0 saturated heterocycles. The summed E-state index contributed by atoms with van der Waals surface area (Å²) in [5.74, 6) is 1.07. The van der Waals surface area contributed by atoms with E-state index in [0.717, 1.165) is 5.75 Å². The lowest BCUT2D eigenvalue weighted by atomic mass is 9.81. The largest absolute Gasteiger partial charge is 0.546 e. The van der Waals surface area contributed by atoms with Crippen LogP contribution < -0.4 is 9.88 Å². The highest BCUT2D eigenvalue weighted by Gasteiger charge is 2.27. The van der Waals surface area contributed by atoms with E-state index in [1.807, 2.05) is 6.82 Å². The summed E-state index contributed by atoms with van der Waals surface area (Å²) in [6, 6.07) is 4.67. The molecular formula is C11H16BNO. The van der Waals surface area contributed by atoms with Gasteiger partial charge in [-0.25, -0.2) is 0 Å². The molecule has 14 heavy (non-hydrogen) atoms. The fourth-order valence-corrected chi connectivity index (χ4v) is 2.15. The third-order valence-electron chi connectivity index (χ3n) is 2.82. The van der Waals surface area contributed by atoms with Crippen LogP contribution in [0.2, 0.25) is 6.82 Å². The van der Waals surface area contributed by atoms with Gasteiger partial charge in [-0.05, 0) is 38.7 Å². The lowest BCUT2D eigenvalue weighted by molar-refractivity contribution is 0.481. The quantitative estimate of drug-likeness (QED) is 0.633. The third kappa shape index (κ3) is 1.42. The number of fused-ring (bicyclic) bond motifs is 1. The van der Waals surface area contributed by atoms with E-state index in [-0.39, 0.29) is 7.05 Å². The lowest BCUT2D eigenvalue weighted by Crippen LogP contribution is -2.43. The van der Waals surface area contributed by atoms with Gasteiger partial charge in [0.05, 0.1) is 0 Å². The Morgan fingerprint density at radius 1 is 1.29 bits per heavy atom. The van der Waals surface area contributed by atoms with Gasteiger partial charge in [-0.1, -0.05) is 12.1 Å². The first-order chi connectivity index (χ1) is 6.59. The minimum absolute atomic E-state index is 0.109. The van der Waals surface area contributed by atoms with E-state index in [4.69, 9.17) is 4.65 Å². The molecule has 0 radical (unpaired) electrons. The van der Waals surface area contributed by atoms with Gasteiger partial charge in [0, 0.05) is 11.6 Å². The molecule has 1 unspecified atom stereocenters. The van der Waals surface area contributed by atoms with Crippen LogP contribution >= 0.6 is 0 Å². The Balaban J connectivity index is 2.57. The van der Waals surface area contributed by atoms with Crippen molar-refractivity contribution >= 4 is 7.05 Å². The Morgan fingerprint density at radius 3 is 2.64 bits per heavy atom.